The maximum absolute atomic E-state index is 11.4. The fourth-order valence-corrected chi connectivity index (χ4v) is 2.47. The maximum atomic E-state index is 11.4. The summed E-state index contributed by atoms with van der Waals surface area (Å²) in [5.41, 5.74) is 7.36. The summed E-state index contributed by atoms with van der Waals surface area (Å²) in [6.45, 7) is 0.427. The van der Waals surface area contributed by atoms with Crippen molar-refractivity contribution in [3.8, 4) is 0 Å². The second kappa shape index (κ2) is 4.12. The summed E-state index contributed by atoms with van der Waals surface area (Å²) in [4.78, 5) is 11.4. The summed E-state index contributed by atoms with van der Waals surface area (Å²) >= 11 is 9.54. The summed E-state index contributed by atoms with van der Waals surface area (Å²) in [5.74, 6) is 0.00934. The van der Waals surface area contributed by atoms with Crippen LogP contribution >= 0.6 is 27.5 Å². The number of anilines is 1. The van der Waals surface area contributed by atoms with Gasteiger partial charge >= 0.3 is 0 Å². The fourth-order valence-electron chi connectivity index (χ4n) is 1.80. The SMILES string of the molecule is NCC1CC(=O)Nc2ccc(Br)c(Cl)c21. The normalized spacial score (nSPS) is 19.7. The lowest BCUT2D eigenvalue weighted by Crippen LogP contribution is -2.27. The van der Waals surface area contributed by atoms with E-state index in [0.29, 0.717) is 18.0 Å². The number of carbonyl (C=O) groups is 1. The monoisotopic (exact) mass is 288 g/mol. The highest BCUT2D eigenvalue weighted by molar-refractivity contribution is 9.10. The van der Waals surface area contributed by atoms with Gasteiger partial charge in [0, 0.05) is 28.1 Å². The molecule has 1 aromatic carbocycles. The largest absolute Gasteiger partial charge is 0.330 e. The summed E-state index contributed by atoms with van der Waals surface area (Å²) in [7, 11) is 0. The molecule has 0 aliphatic carbocycles. The van der Waals surface area contributed by atoms with Crippen LogP contribution < -0.4 is 11.1 Å². The minimum Gasteiger partial charge on any atom is -0.330 e. The first-order valence-electron chi connectivity index (χ1n) is 4.61. The Bertz CT molecular complexity index is 422. The highest BCUT2D eigenvalue weighted by Crippen LogP contribution is 2.40. The average Bonchev–Trinajstić information content (AvgIpc) is 2.22. The lowest BCUT2D eigenvalue weighted by Gasteiger charge is -2.25. The third-order valence-corrected chi connectivity index (χ3v) is 3.83. The molecule has 80 valence electrons. The molecule has 0 aromatic heterocycles. The van der Waals surface area contributed by atoms with Crippen LogP contribution in [0.25, 0.3) is 0 Å². The Morgan fingerprint density at radius 3 is 3.00 bits per heavy atom. The van der Waals surface area contributed by atoms with E-state index in [4.69, 9.17) is 17.3 Å². The molecule has 3 N–H and O–H groups in total. The van der Waals surface area contributed by atoms with Gasteiger partial charge in [0.15, 0.2) is 0 Å². The van der Waals surface area contributed by atoms with Crippen LogP contribution in [-0.2, 0) is 4.79 Å². The second-order valence-corrected chi connectivity index (χ2v) is 4.74. The van der Waals surface area contributed by atoms with E-state index >= 15 is 0 Å². The van der Waals surface area contributed by atoms with E-state index in [1.54, 1.807) is 0 Å². The van der Waals surface area contributed by atoms with Crippen molar-refractivity contribution in [2.24, 2.45) is 5.73 Å². The van der Waals surface area contributed by atoms with Crippen LogP contribution in [0.5, 0.6) is 0 Å². The van der Waals surface area contributed by atoms with Crippen LogP contribution in [0.3, 0.4) is 0 Å². The van der Waals surface area contributed by atoms with Crippen LogP contribution in [0.15, 0.2) is 16.6 Å². The van der Waals surface area contributed by atoms with Gasteiger partial charge in [-0.15, -0.1) is 0 Å². The lowest BCUT2D eigenvalue weighted by molar-refractivity contribution is -0.116. The van der Waals surface area contributed by atoms with Gasteiger partial charge in [0.25, 0.3) is 0 Å². The van der Waals surface area contributed by atoms with Crippen molar-refractivity contribution in [1.29, 1.82) is 0 Å². The standard InChI is InChI=1S/C10H10BrClN2O/c11-6-1-2-7-9(10(6)12)5(4-13)3-8(15)14-7/h1-2,5H,3-4,13H2,(H,14,15). The van der Waals surface area contributed by atoms with Gasteiger partial charge in [-0.3, -0.25) is 4.79 Å². The number of hydrogen-bond acceptors (Lipinski definition) is 2. The minimum absolute atomic E-state index is 0.00339. The van der Waals surface area contributed by atoms with Gasteiger partial charge < -0.3 is 11.1 Å². The molecule has 1 aliphatic rings. The lowest BCUT2D eigenvalue weighted by atomic mass is 9.90. The molecule has 0 radical (unpaired) electrons. The Kier molecular flexibility index (Phi) is 3.00. The first kappa shape index (κ1) is 10.9. The van der Waals surface area contributed by atoms with Gasteiger partial charge in [-0.2, -0.15) is 0 Å². The zero-order valence-corrected chi connectivity index (χ0v) is 10.2. The molecular formula is C10H10BrClN2O. The molecule has 0 saturated heterocycles. The molecule has 1 aromatic rings. The predicted octanol–water partition coefficient (Wildman–Crippen LogP) is 2.49. The number of benzene rings is 1. The molecule has 1 atom stereocenters. The highest BCUT2D eigenvalue weighted by atomic mass is 79.9. The molecule has 1 aliphatic heterocycles. The molecule has 0 spiro atoms. The number of nitrogens with two attached hydrogens (primary N) is 1. The summed E-state index contributed by atoms with van der Waals surface area (Å²) < 4.78 is 0.831. The molecule has 15 heavy (non-hydrogen) atoms. The number of halogens is 2. The third kappa shape index (κ3) is 1.89. The number of fused-ring (bicyclic) bond motifs is 1. The van der Waals surface area contributed by atoms with Crippen molar-refractivity contribution in [2.45, 2.75) is 12.3 Å². The van der Waals surface area contributed by atoms with Crippen molar-refractivity contribution < 1.29 is 4.79 Å². The molecule has 1 heterocycles. The first-order valence-corrected chi connectivity index (χ1v) is 5.78. The fraction of sp³-hybridized carbons (Fsp3) is 0.300. The Labute approximate surface area is 101 Å². The molecule has 1 amide bonds. The summed E-state index contributed by atoms with van der Waals surface area (Å²) in [5, 5.41) is 3.43. The molecule has 0 fully saturated rings. The van der Waals surface area contributed by atoms with E-state index in [2.05, 4.69) is 21.2 Å². The predicted molar refractivity (Wildman–Crippen MR) is 64.2 cm³/mol. The van der Waals surface area contributed by atoms with E-state index < -0.39 is 0 Å². The zero-order chi connectivity index (χ0) is 11.0. The van der Waals surface area contributed by atoms with Gasteiger partial charge in [-0.05, 0) is 34.6 Å². The molecule has 1 unspecified atom stereocenters. The quantitative estimate of drug-likeness (QED) is 0.834. The summed E-state index contributed by atoms with van der Waals surface area (Å²) in [6.07, 6.45) is 0.402. The topological polar surface area (TPSA) is 55.1 Å². The minimum atomic E-state index is -0.00339. The Balaban J connectivity index is 2.57. The van der Waals surface area contributed by atoms with E-state index in [-0.39, 0.29) is 11.8 Å². The van der Waals surface area contributed by atoms with Gasteiger partial charge in [-0.1, -0.05) is 11.6 Å². The number of nitrogens with one attached hydrogen (secondary N) is 1. The van der Waals surface area contributed by atoms with Gasteiger partial charge in [0.1, 0.15) is 0 Å². The molecule has 5 heteroatoms. The Morgan fingerprint density at radius 2 is 2.33 bits per heavy atom. The summed E-state index contributed by atoms with van der Waals surface area (Å²) in [6, 6.07) is 3.66. The molecular weight excluding hydrogens is 279 g/mol. The molecule has 0 saturated carbocycles. The van der Waals surface area contributed by atoms with Crippen molar-refractivity contribution in [1.82, 2.24) is 0 Å². The molecule has 3 nitrogen and oxygen atoms in total. The third-order valence-electron chi connectivity index (χ3n) is 2.53. The van der Waals surface area contributed by atoms with Crippen LogP contribution in [0.2, 0.25) is 5.02 Å². The van der Waals surface area contributed by atoms with Crippen LogP contribution in [0.1, 0.15) is 17.9 Å². The van der Waals surface area contributed by atoms with Crippen molar-refractivity contribution >= 4 is 39.1 Å². The van der Waals surface area contributed by atoms with Crippen molar-refractivity contribution in [3.63, 3.8) is 0 Å². The smallest absolute Gasteiger partial charge is 0.225 e. The van der Waals surface area contributed by atoms with Crippen molar-refractivity contribution in [2.75, 3.05) is 11.9 Å². The maximum Gasteiger partial charge on any atom is 0.225 e. The Hall–Kier alpha value is -0.580. The van der Waals surface area contributed by atoms with Crippen LogP contribution in [-0.4, -0.2) is 12.5 Å². The van der Waals surface area contributed by atoms with E-state index in [9.17, 15) is 4.79 Å². The first-order chi connectivity index (χ1) is 7.13. The number of amides is 1. The van der Waals surface area contributed by atoms with E-state index in [1.165, 1.54) is 0 Å². The second-order valence-electron chi connectivity index (χ2n) is 3.51. The number of carbonyl (C=O) groups excluding carboxylic acids is 1. The van der Waals surface area contributed by atoms with E-state index in [1.807, 2.05) is 12.1 Å². The molecule has 2 rings (SSSR count). The highest BCUT2D eigenvalue weighted by Gasteiger charge is 2.27. The van der Waals surface area contributed by atoms with Crippen LogP contribution in [0.4, 0.5) is 5.69 Å². The molecule has 0 bridgehead atoms. The van der Waals surface area contributed by atoms with Crippen molar-refractivity contribution in [3.05, 3.63) is 27.2 Å². The average molecular weight is 290 g/mol. The Morgan fingerprint density at radius 1 is 1.60 bits per heavy atom. The van der Waals surface area contributed by atoms with Crippen LogP contribution in [0, 0.1) is 0 Å². The number of hydrogen-bond donors (Lipinski definition) is 2. The zero-order valence-electron chi connectivity index (χ0n) is 7.89. The van der Waals surface area contributed by atoms with Gasteiger partial charge in [0.05, 0.1) is 5.02 Å². The van der Waals surface area contributed by atoms with E-state index in [0.717, 1.165) is 15.7 Å². The number of rotatable bonds is 1. The van der Waals surface area contributed by atoms with Gasteiger partial charge in [0.2, 0.25) is 5.91 Å². The van der Waals surface area contributed by atoms with Gasteiger partial charge in [-0.25, -0.2) is 0 Å².